The van der Waals surface area contributed by atoms with Gasteiger partial charge in [0, 0.05) is 42.3 Å². The molecule has 8 rings (SSSR count). The van der Waals surface area contributed by atoms with Crippen LogP contribution in [0, 0.1) is 6.92 Å². The number of nitrogens with two attached hydrogens (primary N) is 1. The normalized spacial score (nSPS) is 27.2. The predicted molar refractivity (Wildman–Crippen MR) is 230 cm³/mol. The van der Waals surface area contributed by atoms with E-state index < -0.39 is 138 Å². The van der Waals surface area contributed by atoms with Crippen LogP contribution in [-0.2, 0) is 35.1 Å². The topological polar surface area (TPSA) is 321 Å². The van der Waals surface area contributed by atoms with Crippen LogP contribution in [0.2, 0.25) is 0 Å². The zero-order valence-electron chi connectivity index (χ0n) is 37.0. The Morgan fingerprint density at radius 1 is 0.838 bits per heavy atom. The molecule has 2 aliphatic heterocycles. The number of aliphatic hydroxyl groups excluding tert-OH is 5. The van der Waals surface area contributed by atoms with Gasteiger partial charge in [-0.1, -0.05) is 36.4 Å². The van der Waals surface area contributed by atoms with Crippen LogP contribution in [0.3, 0.4) is 0 Å². The molecule has 0 bridgehead atoms. The SMILES string of the molecule is COc1cc(O)c2c(c1)C(=O)c1c(cc3c(c1O)-c1c(cc(C)c(C(N)=O)c1OC(C)=O)[C@H](O[C@@H]1O[C@H](C)[C@H](N(C)C(=O)OCc4ccccc4)[C@H](O[C@@H]4OC[C@@H](O)[C@H](O)[C@H]4O)[C@H]1O)[C@H]3O)C2=O. The van der Waals surface area contributed by atoms with Crippen LogP contribution in [-0.4, -0.2) is 146 Å². The maximum absolute atomic E-state index is 14.2. The lowest BCUT2D eigenvalue weighted by Gasteiger charge is -2.49. The molecule has 0 spiro atoms. The first-order chi connectivity index (χ1) is 32.2. The zero-order chi connectivity index (χ0) is 49.2. The molecular formula is C47H48N2O19. The number of ketones is 2. The van der Waals surface area contributed by atoms with E-state index in [0.717, 1.165) is 24.0 Å². The zero-order valence-corrected chi connectivity index (χ0v) is 37.0. The molecule has 2 amide bonds. The summed E-state index contributed by atoms with van der Waals surface area (Å²) in [4.78, 5) is 69.0. The number of carbonyl (C=O) groups is 5. The summed E-state index contributed by atoms with van der Waals surface area (Å²) in [7, 11) is 2.60. The molecule has 0 saturated carbocycles. The minimum Gasteiger partial charge on any atom is -0.507 e. The van der Waals surface area contributed by atoms with Crippen molar-refractivity contribution in [2.75, 3.05) is 20.8 Å². The van der Waals surface area contributed by atoms with Crippen molar-refractivity contribution in [2.45, 2.75) is 94.8 Å². The average Bonchev–Trinajstić information content (AvgIpc) is 3.29. The van der Waals surface area contributed by atoms with E-state index >= 15 is 0 Å². The summed E-state index contributed by atoms with van der Waals surface area (Å²) >= 11 is 0. The van der Waals surface area contributed by atoms with Crippen LogP contribution in [0.5, 0.6) is 23.0 Å². The van der Waals surface area contributed by atoms with E-state index in [0.29, 0.717) is 5.56 Å². The van der Waals surface area contributed by atoms with E-state index in [-0.39, 0.29) is 51.3 Å². The number of hydrogen-bond acceptors (Lipinski definition) is 19. The third-order valence-corrected chi connectivity index (χ3v) is 12.5. The minimum absolute atomic E-state index is 0.0108. The Morgan fingerprint density at radius 2 is 1.51 bits per heavy atom. The van der Waals surface area contributed by atoms with Gasteiger partial charge in [0.2, 0.25) is 0 Å². The molecule has 21 heteroatoms. The maximum atomic E-state index is 14.2. The van der Waals surface area contributed by atoms with Gasteiger partial charge < -0.3 is 79.5 Å². The van der Waals surface area contributed by atoms with Crippen molar-refractivity contribution >= 4 is 29.5 Å². The Morgan fingerprint density at radius 3 is 2.18 bits per heavy atom. The van der Waals surface area contributed by atoms with Crippen molar-refractivity contribution in [1.82, 2.24) is 4.90 Å². The Labute approximate surface area is 386 Å². The second kappa shape index (κ2) is 18.5. The first kappa shape index (κ1) is 47.9. The first-order valence-electron chi connectivity index (χ1n) is 21.2. The molecule has 4 aliphatic rings. The summed E-state index contributed by atoms with van der Waals surface area (Å²) in [5.74, 6) is -5.96. The van der Waals surface area contributed by atoms with Gasteiger partial charge in [0.1, 0.15) is 66.6 Å². The number of aromatic hydroxyl groups is 2. The second-order valence-corrected chi connectivity index (χ2v) is 16.9. The highest BCUT2D eigenvalue weighted by Crippen LogP contribution is 2.57. The number of amides is 2. The summed E-state index contributed by atoms with van der Waals surface area (Å²) < 4.78 is 40.7. The van der Waals surface area contributed by atoms with Crippen LogP contribution >= 0.6 is 0 Å². The molecule has 68 heavy (non-hydrogen) atoms. The molecule has 9 N–H and O–H groups in total. The second-order valence-electron chi connectivity index (χ2n) is 16.9. The fourth-order valence-corrected chi connectivity index (χ4v) is 9.27. The van der Waals surface area contributed by atoms with Crippen molar-refractivity contribution in [3.63, 3.8) is 0 Å². The Kier molecular flexibility index (Phi) is 13.1. The van der Waals surface area contributed by atoms with E-state index in [1.54, 1.807) is 30.3 Å². The van der Waals surface area contributed by atoms with Crippen LogP contribution < -0.4 is 15.2 Å². The average molecular weight is 945 g/mol. The number of ether oxygens (including phenoxy) is 7. The summed E-state index contributed by atoms with van der Waals surface area (Å²) in [6.45, 7) is 3.29. The summed E-state index contributed by atoms with van der Waals surface area (Å²) in [5.41, 5.74) is 3.35. The van der Waals surface area contributed by atoms with Crippen molar-refractivity contribution in [3.8, 4) is 34.1 Å². The predicted octanol–water partition coefficient (Wildman–Crippen LogP) is 1.55. The molecular weight excluding hydrogens is 897 g/mol. The van der Waals surface area contributed by atoms with Crippen molar-refractivity contribution in [3.05, 3.63) is 105 Å². The number of phenolic OH excluding ortho intramolecular Hbond substituents is 2. The highest BCUT2D eigenvalue weighted by Gasteiger charge is 2.53. The number of phenols is 2. The molecule has 11 atom stereocenters. The fraction of sp³-hybridized carbons (Fsp3) is 0.383. The van der Waals surface area contributed by atoms with E-state index in [2.05, 4.69) is 0 Å². The number of esters is 1. The third kappa shape index (κ3) is 8.20. The number of likely N-dealkylation sites (N-methyl/N-ethyl adjacent to an activating group) is 1. The molecule has 0 unspecified atom stereocenters. The van der Waals surface area contributed by atoms with Gasteiger partial charge in [-0.2, -0.15) is 0 Å². The number of aryl methyl sites for hydroxylation is 1. The number of primary amides is 1. The standard InChI is InChI=1S/C47H48N2O19/c1-17-11-25-31(42(66-19(3)50)28(17)44(48)60)30-23(14-24-32(38(30)57)35(54)22-12-21(62-5)13-26(51)29(22)34(24)53)36(55)41(25)67-46-40(59)43(68-45-39(58)37(56)27(52)16-63-45)33(18(2)65-46)49(4)47(61)64-15-20-9-7-6-8-10-20/h6-14,18,27,33,36-37,39-41,43,45-46,51-52,55-59H,15-16H2,1-5H3,(H2,48,60)/t18-,27-,33+,36+,37+,39-,40-,41+,43+,45+,46+/m1/s1. The van der Waals surface area contributed by atoms with Crippen LogP contribution in [0.25, 0.3) is 11.1 Å². The lowest BCUT2D eigenvalue weighted by atomic mass is 9.74. The largest absolute Gasteiger partial charge is 0.507 e. The van der Waals surface area contributed by atoms with E-state index in [4.69, 9.17) is 38.9 Å². The number of carbonyl (C=O) groups excluding carboxylic acids is 5. The molecule has 4 aromatic rings. The van der Waals surface area contributed by atoms with Crippen molar-refractivity contribution < 1.29 is 92.9 Å². The molecule has 4 aromatic carbocycles. The lowest BCUT2D eigenvalue weighted by molar-refractivity contribution is -0.344. The van der Waals surface area contributed by atoms with Gasteiger partial charge in [-0.25, -0.2) is 4.79 Å². The number of rotatable bonds is 10. The molecule has 0 aromatic heterocycles. The first-order valence-corrected chi connectivity index (χ1v) is 21.2. The highest BCUT2D eigenvalue weighted by molar-refractivity contribution is 6.31. The van der Waals surface area contributed by atoms with Crippen LogP contribution in [0.4, 0.5) is 4.79 Å². The van der Waals surface area contributed by atoms with Gasteiger partial charge in [0.25, 0.3) is 5.91 Å². The Balaban J connectivity index is 1.24. The number of benzene rings is 4. The lowest BCUT2D eigenvalue weighted by Crippen LogP contribution is -2.66. The van der Waals surface area contributed by atoms with Crippen molar-refractivity contribution in [1.29, 1.82) is 0 Å². The number of fused-ring (bicyclic) bond motifs is 5. The minimum atomic E-state index is -1.98. The van der Waals surface area contributed by atoms with Gasteiger partial charge in [0.05, 0.1) is 42.6 Å². The van der Waals surface area contributed by atoms with Crippen molar-refractivity contribution in [2.24, 2.45) is 5.73 Å². The van der Waals surface area contributed by atoms with E-state index in [9.17, 15) is 59.7 Å². The van der Waals surface area contributed by atoms with Gasteiger partial charge in [0.15, 0.2) is 29.9 Å². The Bertz CT molecular complexity index is 2710. The maximum Gasteiger partial charge on any atom is 0.410 e. The molecule has 360 valence electrons. The van der Waals surface area contributed by atoms with Crippen LogP contribution in [0.1, 0.15) is 90.5 Å². The number of hydrogen-bond donors (Lipinski definition) is 8. The highest BCUT2D eigenvalue weighted by atomic mass is 16.7. The Hall–Kier alpha value is -6.53. The number of nitrogens with zero attached hydrogens (tertiary/aromatic N) is 1. The van der Waals surface area contributed by atoms with Gasteiger partial charge >= 0.3 is 12.1 Å². The number of methoxy groups -OCH3 is 1. The van der Waals surface area contributed by atoms with E-state index in [1.165, 1.54) is 40.1 Å². The van der Waals surface area contributed by atoms with Crippen LogP contribution in [0.15, 0.2) is 54.6 Å². The monoisotopic (exact) mass is 944 g/mol. The molecule has 0 radical (unpaired) electrons. The molecule has 2 aliphatic carbocycles. The molecule has 21 nitrogen and oxygen atoms in total. The van der Waals surface area contributed by atoms with Gasteiger partial charge in [-0.3, -0.25) is 19.2 Å². The quantitative estimate of drug-likeness (QED) is 0.0727. The smallest absolute Gasteiger partial charge is 0.410 e. The fourth-order valence-electron chi connectivity index (χ4n) is 9.27. The molecule has 2 heterocycles. The summed E-state index contributed by atoms with van der Waals surface area (Å²) in [6.07, 6.45) is -18.0. The number of aliphatic hydroxyl groups is 5. The van der Waals surface area contributed by atoms with Gasteiger partial charge in [-0.05, 0) is 48.2 Å². The summed E-state index contributed by atoms with van der Waals surface area (Å²) in [5, 5.41) is 79.4. The molecule has 2 fully saturated rings. The van der Waals surface area contributed by atoms with E-state index in [1.807, 2.05) is 0 Å². The molecule has 2 saturated heterocycles. The third-order valence-electron chi connectivity index (χ3n) is 12.5. The summed E-state index contributed by atoms with van der Waals surface area (Å²) in [6, 6.07) is 12.2. The van der Waals surface area contributed by atoms with Gasteiger partial charge in [-0.15, -0.1) is 0 Å².